The molecule has 0 aromatic rings. The molecule has 0 fully saturated rings. The van der Waals surface area contributed by atoms with E-state index < -0.39 is 0 Å². The van der Waals surface area contributed by atoms with Crippen LogP contribution < -0.4 is 0 Å². The van der Waals surface area contributed by atoms with Gasteiger partial charge in [0.25, 0.3) is 0 Å². The van der Waals surface area contributed by atoms with Crippen molar-refractivity contribution in [2.45, 2.75) is 46.1 Å². The van der Waals surface area contributed by atoms with Crippen LogP contribution in [0.3, 0.4) is 0 Å². The van der Waals surface area contributed by atoms with E-state index in [1.54, 1.807) is 0 Å². The van der Waals surface area contributed by atoms with Crippen LogP contribution in [0.4, 0.5) is 0 Å². The van der Waals surface area contributed by atoms with Gasteiger partial charge in [0.1, 0.15) is 12.7 Å². The predicted molar refractivity (Wildman–Crippen MR) is 53.7 cm³/mol. The maximum absolute atomic E-state index is 11.0. The van der Waals surface area contributed by atoms with E-state index in [9.17, 15) is 4.79 Å². The highest BCUT2D eigenvalue weighted by Crippen LogP contribution is 2.02. The van der Waals surface area contributed by atoms with Crippen molar-refractivity contribution >= 4 is 5.97 Å². The first-order valence-electron chi connectivity index (χ1n) is 5.35. The molecule has 0 rings (SSSR count). The van der Waals surface area contributed by atoms with Crippen LogP contribution in [0.25, 0.3) is 0 Å². The minimum atomic E-state index is -0.354. The molecule has 0 spiro atoms. The van der Waals surface area contributed by atoms with Gasteiger partial charge in [0, 0.05) is 6.42 Å². The number of carbonyl (C=O) groups is 1. The van der Waals surface area contributed by atoms with Crippen molar-refractivity contribution in [1.82, 2.24) is 0 Å². The first kappa shape index (κ1) is 14.3. The molecule has 0 radical (unpaired) electrons. The molecule has 0 aliphatic carbocycles. The van der Waals surface area contributed by atoms with Crippen LogP contribution >= 0.6 is 0 Å². The fraction of sp³-hybridized carbons (Fsp3) is 0.900. The van der Waals surface area contributed by atoms with Gasteiger partial charge < -0.3 is 0 Å². The molecule has 5 heteroatoms. The summed E-state index contributed by atoms with van der Waals surface area (Å²) < 4.78 is 0. The van der Waals surface area contributed by atoms with Gasteiger partial charge in [0.05, 0.1) is 6.61 Å². The fourth-order valence-electron chi connectivity index (χ4n) is 0.789. The minimum Gasteiger partial charge on any atom is -0.298 e. The zero-order valence-corrected chi connectivity index (χ0v) is 9.65. The topological polar surface area (TPSA) is 54.0 Å². The van der Waals surface area contributed by atoms with Crippen LogP contribution in [0.5, 0.6) is 0 Å². The molecule has 0 N–H and O–H groups in total. The zero-order chi connectivity index (χ0) is 11.5. The van der Waals surface area contributed by atoms with Gasteiger partial charge in [-0.15, -0.1) is 0 Å². The molecule has 90 valence electrons. The number of hydrogen-bond donors (Lipinski definition) is 0. The highest BCUT2D eigenvalue weighted by atomic mass is 17.2. The summed E-state index contributed by atoms with van der Waals surface area (Å²) in [5, 5.41) is 0. The minimum absolute atomic E-state index is 0.254. The average Bonchev–Trinajstić information content (AvgIpc) is 2.23. The fourth-order valence-corrected chi connectivity index (χ4v) is 0.789. The molecule has 0 aromatic heterocycles. The van der Waals surface area contributed by atoms with Gasteiger partial charge in [-0.2, -0.15) is 4.89 Å². The molecular formula is C10H20O5. The van der Waals surface area contributed by atoms with Crippen LogP contribution in [0.1, 0.15) is 40.0 Å². The Morgan fingerprint density at radius 1 is 1.20 bits per heavy atom. The average molecular weight is 220 g/mol. The summed E-state index contributed by atoms with van der Waals surface area (Å²) in [7, 11) is 0. The van der Waals surface area contributed by atoms with Crippen molar-refractivity contribution in [3.05, 3.63) is 0 Å². The van der Waals surface area contributed by atoms with Crippen molar-refractivity contribution in [2.24, 2.45) is 0 Å². The Hall–Kier alpha value is -0.650. The van der Waals surface area contributed by atoms with Gasteiger partial charge in [0.2, 0.25) is 0 Å². The molecule has 5 nitrogen and oxygen atoms in total. The third-order valence-corrected chi connectivity index (χ3v) is 1.64. The van der Waals surface area contributed by atoms with Gasteiger partial charge in [-0.05, 0) is 19.8 Å². The number of rotatable bonds is 9. The van der Waals surface area contributed by atoms with Gasteiger partial charge >= 0.3 is 5.97 Å². The second-order valence-electron chi connectivity index (χ2n) is 3.02. The van der Waals surface area contributed by atoms with Gasteiger partial charge in [0.15, 0.2) is 0 Å². The van der Waals surface area contributed by atoms with Crippen molar-refractivity contribution < 1.29 is 24.3 Å². The molecule has 0 saturated heterocycles. The van der Waals surface area contributed by atoms with E-state index in [1.165, 1.54) is 0 Å². The van der Waals surface area contributed by atoms with Crippen molar-refractivity contribution in [1.29, 1.82) is 0 Å². The SMILES string of the molecule is CCCC(=O)OOC(CC)COOCC. The molecule has 0 heterocycles. The second kappa shape index (κ2) is 9.89. The molecule has 0 amide bonds. The lowest BCUT2D eigenvalue weighted by molar-refractivity contribution is -0.348. The Labute approximate surface area is 90.5 Å². The monoisotopic (exact) mass is 220 g/mol. The Balaban J connectivity index is 3.55. The Bertz CT molecular complexity index is 160. The summed E-state index contributed by atoms with van der Waals surface area (Å²) in [6.45, 7) is 6.36. The lowest BCUT2D eigenvalue weighted by Crippen LogP contribution is -2.21. The Morgan fingerprint density at radius 3 is 2.47 bits per heavy atom. The normalized spacial score (nSPS) is 12.5. The Kier molecular flexibility index (Phi) is 9.46. The zero-order valence-electron chi connectivity index (χ0n) is 9.65. The van der Waals surface area contributed by atoms with Crippen molar-refractivity contribution in [3.8, 4) is 0 Å². The number of carbonyl (C=O) groups excluding carboxylic acids is 1. The highest BCUT2D eigenvalue weighted by molar-refractivity contribution is 5.68. The molecule has 0 bridgehead atoms. The van der Waals surface area contributed by atoms with E-state index in [1.807, 2.05) is 20.8 Å². The second-order valence-corrected chi connectivity index (χ2v) is 3.02. The van der Waals surface area contributed by atoms with Gasteiger partial charge in [-0.1, -0.05) is 13.8 Å². The maximum atomic E-state index is 11.0. The first-order chi connectivity index (χ1) is 7.24. The third kappa shape index (κ3) is 8.35. The van der Waals surface area contributed by atoms with E-state index >= 15 is 0 Å². The van der Waals surface area contributed by atoms with Crippen LogP contribution in [-0.2, 0) is 24.3 Å². The molecule has 0 aliphatic rings. The largest absolute Gasteiger partial charge is 0.342 e. The van der Waals surface area contributed by atoms with E-state index in [4.69, 9.17) is 14.7 Å². The summed E-state index contributed by atoms with van der Waals surface area (Å²) in [5.74, 6) is -0.354. The van der Waals surface area contributed by atoms with Crippen molar-refractivity contribution in [2.75, 3.05) is 13.2 Å². The van der Waals surface area contributed by atoms with E-state index in [2.05, 4.69) is 4.89 Å². The molecule has 0 saturated carbocycles. The van der Waals surface area contributed by atoms with Crippen molar-refractivity contribution in [3.63, 3.8) is 0 Å². The first-order valence-corrected chi connectivity index (χ1v) is 5.35. The van der Waals surface area contributed by atoms with Crippen LogP contribution in [0.2, 0.25) is 0 Å². The molecule has 15 heavy (non-hydrogen) atoms. The lowest BCUT2D eigenvalue weighted by Gasteiger charge is -2.13. The number of hydrogen-bond acceptors (Lipinski definition) is 5. The van der Waals surface area contributed by atoms with E-state index in [0.717, 1.165) is 6.42 Å². The highest BCUT2D eigenvalue weighted by Gasteiger charge is 2.11. The maximum Gasteiger partial charge on any atom is 0.342 e. The van der Waals surface area contributed by atoms with Gasteiger partial charge in [-0.25, -0.2) is 14.6 Å². The van der Waals surface area contributed by atoms with E-state index in [-0.39, 0.29) is 18.7 Å². The smallest absolute Gasteiger partial charge is 0.298 e. The third-order valence-electron chi connectivity index (χ3n) is 1.64. The predicted octanol–water partition coefficient (Wildman–Crippen LogP) is 2.01. The summed E-state index contributed by atoms with van der Waals surface area (Å²) >= 11 is 0. The molecular weight excluding hydrogens is 200 g/mol. The van der Waals surface area contributed by atoms with Gasteiger partial charge in [-0.3, -0.25) is 4.89 Å². The Morgan fingerprint density at radius 2 is 1.93 bits per heavy atom. The summed E-state index contributed by atoms with van der Waals surface area (Å²) in [6.07, 6.45) is 1.52. The quantitative estimate of drug-likeness (QED) is 0.338. The van der Waals surface area contributed by atoms with Crippen LogP contribution in [0.15, 0.2) is 0 Å². The molecule has 0 aliphatic heterocycles. The van der Waals surface area contributed by atoms with E-state index in [0.29, 0.717) is 19.4 Å². The summed E-state index contributed by atoms with van der Waals surface area (Å²) in [4.78, 5) is 30.0. The van der Waals surface area contributed by atoms with Crippen LogP contribution in [0, 0.1) is 0 Å². The molecule has 0 aromatic carbocycles. The summed E-state index contributed by atoms with van der Waals surface area (Å²) in [5.41, 5.74) is 0. The molecule has 1 atom stereocenters. The standard InChI is InChI=1S/C10H20O5/c1-4-7-10(11)15-14-9(5-2)8-13-12-6-3/h9H,4-8H2,1-3H3. The van der Waals surface area contributed by atoms with Crippen LogP contribution in [-0.4, -0.2) is 25.3 Å². The lowest BCUT2D eigenvalue weighted by atomic mass is 10.3. The molecule has 1 unspecified atom stereocenters. The summed E-state index contributed by atoms with van der Waals surface area (Å²) in [6, 6.07) is 0.